The molecule has 0 amide bonds. The number of aryl methyl sites for hydroxylation is 1. The van der Waals surface area contributed by atoms with Gasteiger partial charge in [0, 0.05) is 21.5 Å². The minimum atomic E-state index is -1.33. The summed E-state index contributed by atoms with van der Waals surface area (Å²) < 4.78 is 14.5. The van der Waals surface area contributed by atoms with Crippen molar-refractivity contribution in [1.29, 1.82) is 0 Å². The molecule has 9 aromatic rings. The standard InChI is InChI=1S/C42H30O2P2/c1-3-15-29(16-4-1)45(30-17-5-2-6-18-30)27-28-46-43-41-37-25-13-9-21-33(37)31-19-7-11-23-35(31)39(41)40-36-24-12-8-20-32(36)34-22-10-14-26-38(34)42(40)44-46/h1-26H,27-28H2. The van der Waals surface area contributed by atoms with Crippen molar-refractivity contribution < 1.29 is 8.39 Å². The van der Waals surface area contributed by atoms with Gasteiger partial charge >= 0.3 is 0 Å². The smallest absolute Gasteiger partial charge is 0.216 e. The lowest BCUT2D eigenvalue weighted by molar-refractivity contribution is 0.641. The molecule has 9 rings (SSSR count). The van der Waals surface area contributed by atoms with Gasteiger partial charge in [-0.3, -0.25) is 0 Å². The first kappa shape index (κ1) is 27.4. The Morgan fingerprint density at radius 3 is 1.11 bits per heavy atom. The Kier molecular flexibility index (Phi) is 6.85. The van der Waals surface area contributed by atoms with E-state index in [2.05, 4.69) is 158 Å². The van der Waals surface area contributed by atoms with Crippen LogP contribution in [-0.4, -0.2) is 6.16 Å². The highest BCUT2D eigenvalue weighted by Gasteiger charge is 2.20. The molecule has 0 radical (unpaired) electrons. The molecule has 46 heavy (non-hydrogen) atoms. The minimum Gasteiger partial charge on any atom is -0.418 e. The van der Waals surface area contributed by atoms with Crippen LogP contribution in [0.5, 0.6) is 0 Å². The van der Waals surface area contributed by atoms with E-state index in [-0.39, 0.29) is 0 Å². The number of hydrogen-bond donors (Lipinski definition) is 0. The summed E-state index contributed by atoms with van der Waals surface area (Å²) in [5.74, 6) is 0. The zero-order valence-corrected chi connectivity index (χ0v) is 26.9. The molecule has 220 valence electrons. The molecule has 0 N–H and O–H groups in total. The number of fused-ring (bicyclic) bond motifs is 13. The fraction of sp³-hybridized carbons (Fsp3) is 0.0476. The third-order valence-electron chi connectivity index (χ3n) is 9.05. The zero-order valence-electron chi connectivity index (χ0n) is 25.1. The maximum absolute atomic E-state index is 7.23. The van der Waals surface area contributed by atoms with Gasteiger partial charge in [0.25, 0.3) is 0 Å². The summed E-state index contributed by atoms with van der Waals surface area (Å²) in [6.07, 6.45) is 1.78. The molecule has 0 aliphatic carbocycles. The summed E-state index contributed by atoms with van der Waals surface area (Å²) in [7, 11) is -1.91. The number of rotatable bonds is 5. The highest BCUT2D eigenvalue weighted by Crippen LogP contribution is 2.48. The third-order valence-corrected chi connectivity index (χ3v) is 13.3. The lowest BCUT2D eigenvalue weighted by atomic mass is 9.92. The van der Waals surface area contributed by atoms with Crippen LogP contribution in [0.3, 0.4) is 0 Å². The predicted octanol–water partition coefficient (Wildman–Crippen LogP) is 12.0. The van der Waals surface area contributed by atoms with Crippen LogP contribution in [0.15, 0.2) is 166 Å². The van der Waals surface area contributed by atoms with Crippen LogP contribution in [0, 0.1) is 0 Å². The maximum Gasteiger partial charge on any atom is 0.216 e. The van der Waals surface area contributed by atoms with Crippen LogP contribution in [0.4, 0.5) is 0 Å². The van der Waals surface area contributed by atoms with E-state index < -0.39 is 15.9 Å². The van der Waals surface area contributed by atoms with E-state index in [0.29, 0.717) is 0 Å². The van der Waals surface area contributed by atoms with Crippen molar-refractivity contribution in [3.63, 3.8) is 0 Å². The lowest BCUT2D eigenvalue weighted by Gasteiger charge is -2.18. The van der Waals surface area contributed by atoms with Crippen molar-refractivity contribution in [2.45, 2.75) is 6.16 Å². The first-order chi connectivity index (χ1) is 22.8. The SMILES string of the molecule is c1ccc(P(CCp2oc3c4ccccc4c4ccccc4c3c3c4ccccc4c4ccccc4c3o2)c2ccccc2)cc1. The molecule has 0 unspecified atom stereocenters. The second-order valence-corrected chi connectivity index (χ2v) is 15.5. The van der Waals surface area contributed by atoms with Crippen molar-refractivity contribution in [2.24, 2.45) is 0 Å². The van der Waals surface area contributed by atoms with Gasteiger partial charge in [-0.25, -0.2) is 0 Å². The Bertz CT molecular complexity index is 2410. The molecular formula is C42H30O2P2. The number of hydrogen-bond acceptors (Lipinski definition) is 2. The zero-order chi connectivity index (χ0) is 30.5. The van der Waals surface area contributed by atoms with Gasteiger partial charge in [-0.2, -0.15) is 0 Å². The minimum absolute atomic E-state index is 0.589. The average Bonchev–Trinajstić information content (AvgIpc) is 3.31. The van der Waals surface area contributed by atoms with Gasteiger partial charge in [-0.05, 0) is 57.0 Å². The molecule has 0 aliphatic rings. The van der Waals surface area contributed by atoms with Crippen molar-refractivity contribution in [3.05, 3.63) is 158 Å². The average molecular weight is 629 g/mol. The summed E-state index contributed by atoms with van der Waals surface area (Å²) in [6.45, 7) is 0. The molecule has 1 aromatic heterocycles. The Morgan fingerprint density at radius 2 is 0.696 bits per heavy atom. The molecule has 0 saturated heterocycles. The van der Waals surface area contributed by atoms with Gasteiger partial charge < -0.3 is 8.39 Å². The van der Waals surface area contributed by atoms with Crippen LogP contribution in [0.1, 0.15) is 0 Å². The molecule has 0 spiro atoms. The molecule has 0 saturated carbocycles. The fourth-order valence-corrected chi connectivity index (χ4v) is 11.4. The van der Waals surface area contributed by atoms with Crippen LogP contribution < -0.4 is 10.6 Å². The summed E-state index contributed by atoms with van der Waals surface area (Å²) in [6, 6.07) is 56.8. The molecule has 0 fully saturated rings. The van der Waals surface area contributed by atoms with E-state index in [0.717, 1.165) is 45.0 Å². The van der Waals surface area contributed by atoms with Gasteiger partial charge in [0.15, 0.2) is 0 Å². The highest BCUT2D eigenvalue weighted by atomic mass is 31.1. The molecule has 2 nitrogen and oxygen atoms in total. The molecule has 4 heteroatoms. The van der Waals surface area contributed by atoms with E-state index in [4.69, 9.17) is 8.39 Å². The Hall–Kier alpha value is -4.87. The molecule has 0 atom stereocenters. The molecular weight excluding hydrogens is 598 g/mol. The predicted molar refractivity (Wildman–Crippen MR) is 200 cm³/mol. The summed E-state index contributed by atoms with van der Waals surface area (Å²) in [5.41, 5.74) is 1.87. The number of benzene rings is 8. The van der Waals surface area contributed by atoms with Gasteiger partial charge in [-0.1, -0.05) is 158 Å². The summed E-state index contributed by atoms with van der Waals surface area (Å²) in [4.78, 5) is 0. The van der Waals surface area contributed by atoms with E-state index >= 15 is 0 Å². The second-order valence-electron chi connectivity index (χ2n) is 11.7. The highest BCUT2D eigenvalue weighted by molar-refractivity contribution is 7.73. The van der Waals surface area contributed by atoms with E-state index in [1.807, 2.05) is 0 Å². The molecule has 8 aromatic carbocycles. The molecule has 1 heterocycles. The lowest BCUT2D eigenvalue weighted by Crippen LogP contribution is -2.13. The largest absolute Gasteiger partial charge is 0.418 e. The van der Waals surface area contributed by atoms with Crippen LogP contribution in [-0.2, 0) is 6.16 Å². The van der Waals surface area contributed by atoms with Crippen LogP contribution in [0.25, 0.3) is 65.0 Å². The fourth-order valence-electron chi connectivity index (χ4n) is 7.02. The van der Waals surface area contributed by atoms with Gasteiger partial charge in [-0.15, -0.1) is 0 Å². The normalized spacial score (nSPS) is 11.8. The van der Waals surface area contributed by atoms with E-state index in [9.17, 15) is 0 Å². The van der Waals surface area contributed by atoms with Crippen molar-refractivity contribution in [2.75, 3.05) is 6.16 Å². The Morgan fingerprint density at radius 1 is 0.370 bits per heavy atom. The van der Waals surface area contributed by atoms with Crippen molar-refractivity contribution in [1.82, 2.24) is 0 Å². The Labute approximate surface area is 269 Å². The van der Waals surface area contributed by atoms with Gasteiger partial charge in [0.2, 0.25) is 8.01 Å². The van der Waals surface area contributed by atoms with Gasteiger partial charge in [0.05, 0.1) is 6.16 Å². The first-order valence-corrected chi connectivity index (χ1v) is 18.6. The molecule has 0 bridgehead atoms. The van der Waals surface area contributed by atoms with E-state index in [1.54, 1.807) is 0 Å². The quantitative estimate of drug-likeness (QED) is 0.140. The summed E-state index contributed by atoms with van der Waals surface area (Å²) in [5, 5.41) is 14.5. The van der Waals surface area contributed by atoms with E-state index in [1.165, 1.54) is 42.9 Å². The Balaban J connectivity index is 1.41. The van der Waals surface area contributed by atoms with Crippen LogP contribution >= 0.6 is 15.9 Å². The van der Waals surface area contributed by atoms with Crippen molar-refractivity contribution >= 4 is 91.6 Å². The summed E-state index contributed by atoms with van der Waals surface area (Å²) >= 11 is 0. The maximum atomic E-state index is 7.23. The topological polar surface area (TPSA) is 26.3 Å². The van der Waals surface area contributed by atoms with Crippen LogP contribution in [0.2, 0.25) is 0 Å². The monoisotopic (exact) mass is 628 g/mol. The van der Waals surface area contributed by atoms with Crippen molar-refractivity contribution in [3.8, 4) is 0 Å². The first-order valence-electron chi connectivity index (χ1n) is 15.7. The molecule has 0 aliphatic heterocycles. The van der Waals surface area contributed by atoms with Gasteiger partial charge in [0.1, 0.15) is 11.2 Å². The second kappa shape index (κ2) is 11.5. The third kappa shape index (κ3) is 4.52.